The van der Waals surface area contributed by atoms with Crippen molar-refractivity contribution in [3.05, 3.63) is 70.8 Å². The maximum Gasteiger partial charge on any atom is 0.123 e. The molecular formula is C17H18F2O. The number of hydrogen-bond donors (Lipinski definition) is 1. The Labute approximate surface area is 117 Å². The minimum atomic E-state index is -1.00. The molecule has 0 aliphatic heterocycles. The van der Waals surface area contributed by atoms with Crippen molar-refractivity contribution in [1.82, 2.24) is 0 Å². The molecule has 2 aromatic rings. The highest BCUT2D eigenvalue weighted by atomic mass is 19.1. The van der Waals surface area contributed by atoms with Gasteiger partial charge in [0.05, 0.1) is 5.60 Å². The maximum atomic E-state index is 13.3. The lowest BCUT2D eigenvalue weighted by Gasteiger charge is -2.24. The molecular weight excluding hydrogens is 258 g/mol. The molecule has 0 aliphatic carbocycles. The molecule has 2 rings (SSSR count). The lowest BCUT2D eigenvalue weighted by atomic mass is 9.88. The van der Waals surface area contributed by atoms with Crippen LogP contribution in [-0.2, 0) is 12.8 Å². The van der Waals surface area contributed by atoms with Gasteiger partial charge in [-0.2, -0.15) is 0 Å². The van der Waals surface area contributed by atoms with E-state index in [1.807, 2.05) is 6.92 Å². The Morgan fingerprint density at radius 3 is 2.20 bits per heavy atom. The highest BCUT2D eigenvalue weighted by molar-refractivity contribution is 5.29. The molecule has 0 radical (unpaired) electrons. The van der Waals surface area contributed by atoms with Crippen LogP contribution in [0, 0.1) is 18.6 Å². The van der Waals surface area contributed by atoms with Crippen LogP contribution in [0.1, 0.15) is 23.6 Å². The van der Waals surface area contributed by atoms with E-state index in [1.54, 1.807) is 25.1 Å². The first-order chi connectivity index (χ1) is 9.35. The van der Waals surface area contributed by atoms with Crippen LogP contribution < -0.4 is 0 Å². The quantitative estimate of drug-likeness (QED) is 0.900. The number of halogens is 2. The second kappa shape index (κ2) is 5.71. The second-order valence-corrected chi connectivity index (χ2v) is 5.55. The van der Waals surface area contributed by atoms with E-state index >= 15 is 0 Å². The SMILES string of the molecule is Cc1ccc(F)cc1CC(C)(O)Cc1ccc(F)cc1. The summed E-state index contributed by atoms with van der Waals surface area (Å²) in [6.45, 7) is 3.60. The van der Waals surface area contributed by atoms with Gasteiger partial charge in [-0.25, -0.2) is 8.78 Å². The standard InChI is InChI=1S/C17H18F2O/c1-12-3-6-16(19)9-14(12)11-17(2,20)10-13-4-7-15(18)8-5-13/h3-9,20H,10-11H2,1-2H3. The molecule has 0 saturated heterocycles. The normalized spacial score (nSPS) is 14.1. The monoisotopic (exact) mass is 276 g/mol. The van der Waals surface area contributed by atoms with Gasteiger partial charge in [0.15, 0.2) is 0 Å². The molecule has 0 saturated carbocycles. The van der Waals surface area contributed by atoms with E-state index in [0.29, 0.717) is 12.8 Å². The lowest BCUT2D eigenvalue weighted by Crippen LogP contribution is -2.30. The average molecular weight is 276 g/mol. The molecule has 1 unspecified atom stereocenters. The van der Waals surface area contributed by atoms with Crippen molar-refractivity contribution in [1.29, 1.82) is 0 Å². The summed E-state index contributed by atoms with van der Waals surface area (Å²) in [6.07, 6.45) is 0.747. The Balaban J connectivity index is 2.14. The van der Waals surface area contributed by atoms with Gasteiger partial charge in [0, 0.05) is 12.8 Å². The average Bonchev–Trinajstić information content (AvgIpc) is 2.36. The summed E-state index contributed by atoms with van der Waals surface area (Å²) in [5.74, 6) is -0.599. The second-order valence-electron chi connectivity index (χ2n) is 5.55. The zero-order valence-electron chi connectivity index (χ0n) is 11.7. The Morgan fingerprint density at radius 1 is 0.950 bits per heavy atom. The van der Waals surface area contributed by atoms with Gasteiger partial charge in [0.1, 0.15) is 11.6 Å². The first-order valence-electron chi connectivity index (χ1n) is 6.58. The van der Waals surface area contributed by atoms with Crippen molar-refractivity contribution in [2.45, 2.75) is 32.3 Å². The van der Waals surface area contributed by atoms with Gasteiger partial charge in [-0.05, 0) is 54.8 Å². The fraction of sp³-hybridized carbons (Fsp3) is 0.294. The van der Waals surface area contributed by atoms with Crippen LogP contribution in [0.25, 0.3) is 0 Å². The van der Waals surface area contributed by atoms with E-state index in [0.717, 1.165) is 16.7 Å². The largest absolute Gasteiger partial charge is 0.389 e. The fourth-order valence-electron chi connectivity index (χ4n) is 2.35. The molecule has 3 heteroatoms. The zero-order chi connectivity index (χ0) is 14.8. The van der Waals surface area contributed by atoms with Crippen molar-refractivity contribution in [2.24, 2.45) is 0 Å². The number of benzene rings is 2. The lowest BCUT2D eigenvalue weighted by molar-refractivity contribution is 0.0606. The highest BCUT2D eigenvalue weighted by Gasteiger charge is 2.22. The van der Waals surface area contributed by atoms with Gasteiger partial charge in [0.25, 0.3) is 0 Å². The molecule has 0 fully saturated rings. The van der Waals surface area contributed by atoms with E-state index in [-0.39, 0.29) is 11.6 Å². The Bertz CT molecular complexity index is 588. The molecule has 1 atom stereocenters. The van der Waals surface area contributed by atoms with Crippen LogP contribution in [-0.4, -0.2) is 10.7 Å². The molecule has 0 aromatic heterocycles. The number of hydrogen-bond acceptors (Lipinski definition) is 1. The predicted octanol–water partition coefficient (Wildman–Crippen LogP) is 3.81. The molecule has 0 heterocycles. The Morgan fingerprint density at radius 2 is 1.55 bits per heavy atom. The third-order valence-electron chi connectivity index (χ3n) is 3.38. The molecule has 0 bridgehead atoms. The summed E-state index contributed by atoms with van der Waals surface area (Å²) in [5, 5.41) is 10.5. The molecule has 106 valence electrons. The van der Waals surface area contributed by atoms with Gasteiger partial charge in [-0.3, -0.25) is 0 Å². The van der Waals surface area contributed by atoms with Crippen molar-refractivity contribution in [3.8, 4) is 0 Å². The molecule has 0 spiro atoms. The van der Waals surface area contributed by atoms with Crippen molar-refractivity contribution >= 4 is 0 Å². The van der Waals surface area contributed by atoms with Crippen LogP contribution in [0.4, 0.5) is 8.78 Å². The molecule has 1 nitrogen and oxygen atoms in total. The number of rotatable bonds is 4. The summed E-state index contributed by atoms with van der Waals surface area (Å²) in [4.78, 5) is 0. The topological polar surface area (TPSA) is 20.2 Å². The smallest absolute Gasteiger partial charge is 0.123 e. The van der Waals surface area contributed by atoms with Crippen LogP contribution in [0.5, 0.6) is 0 Å². The van der Waals surface area contributed by atoms with E-state index in [9.17, 15) is 13.9 Å². The molecule has 2 aromatic carbocycles. The third kappa shape index (κ3) is 3.87. The third-order valence-corrected chi connectivity index (χ3v) is 3.38. The van der Waals surface area contributed by atoms with Gasteiger partial charge >= 0.3 is 0 Å². The van der Waals surface area contributed by atoms with E-state index in [2.05, 4.69) is 0 Å². The zero-order valence-corrected chi connectivity index (χ0v) is 11.7. The van der Waals surface area contributed by atoms with Crippen LogP contribution in [0.2, 0.25) is 0 Å². The molecule has 1 N–H and O–H groups in total. The van der Waals surface area contributed by atoms with E-state index in [1.165, 1.54) is 24.3 Å². The minimum absolute atomic E-state index is 0.297. The van der Waals surface area contributed by atoms with Crippen molar-refractivity contribution in [2.75, 3.05) is 0 Å². The first-order valence-corrected chi connectivity index (χ1v) is 6.58. The van der Waals surface area contributed by atoms with Crippen molar-refractivity contribution < 1.29 is 13.9 Å². The van der Waals surface area contributed by atoms with Gasteiger partial charge in [-0.15, -0.1) is 0 Å². The summed E-state index contributed by atoms with van der Waals surface area (Å²) in [5.41, 5.74) is 1.59. The van der Waals surface area contributed by atoms with Gasteiger partial charge in [-0.1, -0.05) is 18.2 Å². The summed E-state index contributed by atoms with van der Waals surface area (Å²) >= 11 is 0. The number of aryl methyl sites for hydroxylation is 1. The Kier molecular flexibility index (Phi) is 4.19. The minimum Gasteiger partial charge on any atom is -0.389 e. The van der Waals surface area contributed by atoms with E-state index < -0.39 is 5.60 Å². The molecule has 20 heavy (non-hydrogen) atoms. The van der Waals surface area contributed by atoms with Crippen LogP contribution in [0.15, 0.2) is 42.5 Å². The summed E-state index contributed by atoms with van der Waals surface area (Å²) in [7, 11) is 0. The van der Waals surface area contributed by atoms with Gasteiger partial charge in [0.2, 0.25) is 0 Å². The summed E-state index contributed by atoms with van der Waals surface area (Å²) < 4.78 is 26.1. The van der Waals surface area contributed by atoms with Crippen molar-refractivity contribution in [3.63, 3.8) is 0 Å². The predicted molar refractivity (Wildman–Crippen MR) is 75.6 cm³/mol. The molecule has 0 aliphatic rings. The van der Waals surface area contributed by atoms with Crippen LogP contribution >= 0.6 is 0 Å². The van der Waals surface area contributed by atoms with E-state index in [4.69, 9.17) is 0 Å². The molecule has 0 amide bonds. The van der Waals surface area contributed by atoms with Crippen LogP contribution in [0.3, 0.4) is 0 Å². The van der Waals surface area contributed by atoms with Gasteiger partial charge < -0.3 is 5.11 Å². The maximum absolute atomic E-state index is 13.3. The first kappa shape index (κ1) is 14.7. The number of aliphatic hydroxyl groups is 1. The fourth-order valence-corrected chi connectivity index (χ4v) is 2.35. The Hall–Kier alpha value is -1.74. The summed E-state index contributed by atoms with van der Waals surface area (Å²) in [6, 6.07) is 10.6. The highest BCUT2D eigenvalue weighted by Crippen LogP contribution is 2.21.